The van der Waals surface area contributed by atoms with Crippen LogP contribution in [0.25, 0.3) is 0 Å². The summed E-state index contributed by atoms with van der Waals surface area (Å²) in [7, 11) is -0.861. The van der Waals surface area contributed by atoms with Gasteiger partial charge in [0.1, 0.15) is 6.54 Å². The zero-order valence-electron chi connectivity index (χ0n) is 20.7. The van der Waals surface area contributed by atoms with Gasteiger partial charge in [-0.2, -0.15) is 0 Å². The lowest BCUT2D eigenvalue weighted by atomic mass is 10.0. The fourth-order valence-electron chi connectivity index (χ4n) is 3.80. The number of ether oxygens (including phenoxy) is 2. The number of nitrogens with one attached hydrogen (secondary N) is 1. The summed E-state index contributed by atoms with van der Waals surface area (Å²) in [6.45, 7) is 5.36. The lowest BCUT2D eigenvalue weighted by Crippen LogP contribution is -2.42. The SMILES string of the molecule is CCC(NC(=O)CN(c1cccc(C)c1)S(=O)(=O)c1ccc(C)cc1)c1ccc(OC)c(OC)c1. The van der Waals surface area contributed by atoms with Crippen LogP contribution < -0.4 is 19.1 Å². The van der Waals surface area contributed by atoms with Crippen LogP contribution in [0.3, 0.4) is 0 Å². The van der Waals surface area contributed by atoms with Crippen LogP contribution in [0.5, 0.6) is 11.5 Å². The molecule has 0 spiro atoms. The first-order chi connectivity index (χ1) is 16.7. The average Bonchev–Trinajstić information content (AvgIpc) is 2.85. The van der Waals surface area contributed by atoms with E-state index in [9.17, 15) is 13.2 Å². The first kappa shape index (κ1) is 26.1. The summed E-state index contributed by atoms with van der Waals surface area (Å²) >= 11 is 0. The van der Waals surface area contributed by atoms with Gasteiger partial charge in [0.15, 0.2) is 11.5 Å². The largest absolute Gasteiger partial charge is 0.493 e. The molecule has 1 unspecified atom stereocenters. The molecular weight excluding hydrogens is 464 g/mol. The third-order valence-corrected chi connectivity index (χ3v) is 7.53. The minimum atomic E-state index is -3.97. The van der Waals surface area contributed by atoms with E-state index in [0.29, 0.717) is 23.6 Å². The minimum absolute atomic E-state index is 0.129. The van der Waals surface area contributed by atoms with Gasteiger partial charge >= 0.3 is 0 Å². The van der Waals surface area contributed by atoms with E-state index in [2.05, 4.69) is 5.32 Å². The van der Waals surface area contributed by atoms with Crippen LogP contribution in [-0.2, 0) is 14.8 Å². The van der Waals surface area contributed by atoms with E-state index in [1.54, 1.807) is 62.8 Å². The molecule has 0 bridgehead atoms. The molecule has 3 aromatic carbocycles. The number of hydrogen-bond donors (Lipinski definition) is 1. The average molecular weight is 497 g/mol. The fraction of sp³-hybridized carbons (Fsp3) is 0.296. The molecule has 7 nitrogen and oxygen atoms in total. The molecule has 0 heterocycles. The van der Waals surface area contributed by atoms with Gasteiger partial charge in [-0.3, -0.25) is 9.10 Å². The Bertz CT molecular complexity index is 1270. The number of methoxy groups -OCH3 is 2. The zero-order valence-corrected chi connectivity index (χ0v) is 21.6. The molecule has 1 N–H and O–H groups in total. The van der Waals surface area contributed by atoms with E-state index >= 15 is 0 Å². The van der Waals surface area contributed by atoms with Crippen molar-refractivity contribution < 1.29 is 22.7 Å². The third-order valence-electron chi connectivity index (χ3n) is 5.74. The first-order valence-electron chi connectivity index (χ1n) is 11.4. The van der Waals surface area contributed by atoms with Crippen molar-refractivity contribution in [3.8, 4) is 11.5 Å². The number of nitrogens with zero attached hydrogens (tertiary/aromatic N) is 1. The zero-order chi connectivity index (χ0) is 25.6. The molecule has 0 aliphatic heterocycles. The number of hydrogen-bond acceptors (Lipinski definition) is 5. The molecule has 186 valence electrons. The molecule has 35 heavy (non-hydrogen) atoms. The molecule has 0 aliphatic carbocycles. The van der Waals surface area contributed by atoms with Crippen molar-refractivity contribution in [3.05, 3.63) is 83.4 Å². The Balaban J connectivity index is 1.91. The van der Waals surface area contributed by atoms with Gasteiger partial charge in [-0.15, -0.1) is 0 Å². The van der Waals surface area contributed by atoms with Gasteiger partial charge in [-0.05, 0) is 67.8 Å². The van der Waals surface area contributed by atoms with Crippen molar-refractivity contribution in [1.82, 2.24) is 5.32 Å². The molecule has 0 radical (unpaired) electrons. The number of amides is 1. The molecule has 0 aromatic heterocycles. The second-order valence-electron chi connectivity index (χ2n) is 8.31. The number of rotatable bonds is 10. The van der Waals surface area contributed by atoms with Gasteiger partial charge in [-0.1, -0.05) is 42.8 Å². The summed E-state index contributed by atoms with van der Waals surface area (Å²) in [5, 5.41) is 2.98. The molecule has 0 fully saturated rings. The first-order valence-corrected chi connectivity index (χ1v) is 12.8. The monoisotopic (exact) mass is 496 g/mol. The quantitative estimate of drug-likeness (QED) is 0.437. The normalized spacial score (nSPS) is 12.0. The van der Waals surface area contributed by atoms with Gasteiger partial charge < -0.3 is 14.8 Å². The number of aryl methyl sites for hydroxylation is 2. The predicted octanol–water partition coefficient (Wildman–Crippen LogP) is 4.78. The number of carbonyl (C=O) groups is 1. The van der Waals surface area contributed by atoms with Crippen molar-refractivity contribution in [2.45, 2.75) is 38.1 Å². The smallest absolute Gasteiger partial charge is 0.264 e. The van der Waals surface area contributed by atoms with Crippen LogP contribution in [-0.4, -0.2) is 35.1 Å². The van der Waals surface area contributed by atoms with Gasteiger partial charge in [0.25, 0.3) is 10.0 Å². The Morgan fingerprint density at radius 2 is 1.60 bits per heavy atom. The summed E-state index contributed by atoms with van der Waals surface area (Å²) in [6, 6.07) is 18.8. The summed E-state index contributed by atoms with van der Waals surface area (Å²) < 4.78 is 39.0. The van der Waals surface area contributed by atoms with E-state index in [1.165, 1.54) is 0 Å². The maximum Gasteiger partial charge on any atom is 0.264 e. The second-order valence-corrected chi connectivity index (χ2v) is 10.2. The minimum Gasteiger partial charge on any atom is -0.493 e. The van der Waals surface area contributed by atoms with Crippen LogP contribution in [0.2, 0.25) is 0 Å². The molecule has 0 saturated heterocycles. The van der Waals surface area contributed by atoms with E-state index in [1.807, 2.05) is 39.0 Å². The number of sulfonamides is 1. The second kappa shape index (κ2) is 11.3. The summed E-state index contributed by atoms with van der Waals surface area (Å²) in [5.74, 6) is 0.733. The Morgan fingerprint density at radius 3 is 2.20 bits per heavy atom. The van der Waals surface area contributed by atoms with E-state index < -0.39 is 15.9 Å². The highest BCUT2D eigenvalue weighted by Gasteiger charge is 2.28. The number of anilines is 1. The maximum atomic E-state index is 13.6. The predicted molar refractivity (Wildman–Crippen MR) is 138 cm³/mol. The maximum absolute atomic E-state index is 13.6. The molecule has 0 saturated carbocycles. The van der Waals surface area contributed by atoms with Crippen LogP contribution in [0.4, 0.5) is 5.69 Å². The van der Waals surface area contributed by atoms with Gasteiger partial charge in [-0.25, -0.2) is 8.42 Å². The molecule has 3 rings (SSSR count). The number of benzene rings is 3. The summed E-state index contributed by atoms with van der Waals surface area (Å²) in [5.41, 5.74) is 3.11. The van der Waals surface area contributed by atoms with Crippen LogP contribution in [0.15, 0.2) is 71.6 Å². The van der Waals surface area contributed by atoms with Crippen molar-refractivity contribution in [3.63, 3.8) is 0 Å². The van der Waals surface area contributed by atoms with Crippen molar-refractivity contribution >= 4 is 21.6 Å². The molecule has 0 aliphatic rings. The van der Waals surface area contributed by atoms with Crippen LogP contribution in [0, 0.1) is 13.8 Å². The highest BCUT2D eigenvalue weighted by atomic mass is 32.2. The third kappa shape index (κ3) is 6.14. The van der Waals surface area contributed by atoms with Gasteiger partial charge in [0, 0.05) is 0 Å². The van der Waals surface area contributed by atoms with E-state index in [0.717, 1.165) is 21.0 Å². The summed E-state index contributed by atoms with van der Waals surface area (Å²) in [6.07, 6.45) is 0.608. The summed E-state index contributed by atoms with van der Waals surface area (Å²) in [4.78, 5) is 13.3. The molecule has 1 atom stereocenters. The van der Waals surface area contributed by atoms with Crippen LogP contribution >= 0.6 is 0 Å². The number of carbonyl (C=O) groups excluding carboxylic acids is 1. The Hall–Kier alpha value is -3.52. The standard InChI is InChI=1S/C27H32N2O5S/c1-6-24(21-12-15-25(33-4)26(17-21)34-5)28-27(30)18-29(22-9-7-8-20(3)16-22)35(31,32)23-13-10-19(2)11-14-23/h7-17,24H,6,18H2,1-5H3,(H,28,30). The molecular formula is C27H32N2O5S. The Labute approximate surface area is 207 Å². The Morgan fingerprint density at radius 1 is 0.914 bits per heavy atom. The van der Waals surface area contributed by atoms with Crippen molar-refractivity contribution in [2.24, 2.45) is 0 Å². The molecule has 1 amide bonds. The fourth-order valence-corrected chi connectivity index (χ4v) is 5.21. The van der Waals surface area contributed by atoms with Crippen molar-refractivity contribution in [1.29, 1.82) is 0 Å². The lowest BCUT2D eigenvalue weighted by Gasteiger charge is -2.26. The van der Waals surface area contributed by atoms with E-state index in [4.69, 9.17) is 9.47 Å². The lowest BCUT2D eigenvalue weighted by molar-refractivity contribution is -0.120. The van der Waals surface area contributed by atoms with E-state index in [-0.39, 0.29) is 17.5 Å². The van der Waals surface area contributed by atoms with Crippen molar-refractivity contribution in [2.75, 3.05) is 25.1 Å². The highest BCUT2D eigenvalue weighted by Crippen LogP contribution is 2.31. The topological polar surface area (TPSA) is 84.9 Å². The highest BCUT2D eigenvalue weighted by molar-refractivity contribution is 7.92. The Kier molecular flexibility index (Phi) is 8.40. The van der Waals surface area contributed by atoms with Gasteiger partial charge in [0.2, 0.25) is 5.91 Å². The van der Waals surface area contributed by atoms with Gasteiger partial charge in [0.05, 0.1) is 30.8 Å². The van der Waals surface area contributed by atoms with Crippen LogP contribution in [0.1, 0.15) is 36.1 Å². The molecule has 8 heteroatoms. The molecule has 3 aromatic rings.